The van der Waals surface area contributed by atoms with Gasteiger partial charge < -0.3 is 5.32 Å². The summed E-state index contributed by atoms with van der Waals surface area (Å²) in [6.45, 7) is 4.06. The van der Waals surface area contributed by atoms with Crippen LogP contribution in [0.1, 0.15) is 20.3 Å². The van der Waals surface area contributed by atoms with Crippen LogP contribution < -0.4 is 10.0 Å². The molecule has 1 heterocycles. The third-order valence-corrected chi connectivity index (χ3v) is 4.40. The highest BCUT2D eigenvalue weighted by atomic mass is 32.2. The van der Waals surface area contributed by atoms with Crippen LogP contribution in [0.4, 0.5) is 5.95 Å². The number of nitrogens with zero attached hydrogens (tertiary/aromatic N) is 2. The van der Waals surface area contributed by atoms with Gasteiger partial charge in [-0.1, -0.05) is 13.8 Å². The zero-order valence-electron chi connectivity index (χ0n) is 10.1. The van der Waals surface area contributed by atoms with Gasteiger partial charge in [-0.15, -0.1) is 0 Å². The minimum absolute atomic E-state index is 0.0106. The monoisotopic (exact) mass is 256 g/mol. The van der Waals surface area contributed by atoms with Gasteiger partial charge in [-0.2, -0.15) is 0 Å². The maximum Gasteiger partial charge on any atom is 0.243 e. The summed E-state index contributed by atoms with van der Waals surface area (Å²) in [5.41, 5.74) is 0.0544. The zero-order valence-corrected chi connectivity index (χ0v) is 10.9. The van der Waals surface area contributed by atoms with Crippen molar-refractivity contribution >= 4 is 16.0 Å². The molecular formula is C10H16N4O2S. The first-order valence-corrected chi connectivity index (χ1v) is 6.85. The number of rotatable bonds is 4. The second kappa shape index (κ2) is 3.92. The van der Waals surface area contributed by atoms with Gasteiger partial charge in [0.15, 0.2) is 0 Å². The van der Waals surface area contributed by atoms with E-state index in [2.05, 4.69) is 20.0 Å². The van der Waals surface area contributed by atoms with E-state index < -0.39 is 10.0 Å². The van der Waals surface area contributed by atoms with E-state index in [4.69, 9.17) is 0 Å². The topological polar surface area (TPSA) is 84.0 Å². The van der Waals surface area contributed by atoms with E-state index in [9.17, 15) is 8.42 Å². The lowest BCUT2D eigenvalue weighted by atomic mass is 10.2. The minimum Gasteiger partial charge on any atom is -0.357 e. The van der Waals surface area contributed by atoms with E-state index in [1.165, 1.54) is 12.4 Å². The molecule has 6 nitrogen and oxygen atoms in total. The molecule has 94 valence electrons. The van der Waals surface area contributed by atoms with Gasteiger partial charge >= 0.3 is 0 Å². The molecule has 1 aromatic rings. The second-order valence-corrected chi connectivity index (χ2v) is 6.57. The average molecular weight is 256 g/mol. The van der Waals surface area contributed by atoms with Crippen LogP contribution in [0, 0.1) is 5.41 Å². The maximum atomic E-state index is 12.0. The van der Waals surface area contributed by atoms with E-state index >= 15 is 0 Å². The van der Waals surface area contributed by atoms with Crippen molar-refractivity contribution in [1.29, 1.82) is 0 Å². The summed E-state index contributed by atoms with van der Waals surface area (Å²) >= 11 is 0. The normalized spacial score (nSPS) is 22.2. The average Bonchev–Trinajstić information content (AvgIpc) is 2.85. The first-order chi connectivity index (χ1) is 7.85. The van der Waals surface area contributed by atoms with Crippen molar-refractivity contribution in [3.05, 3.63) is 12.4 Å². The molecule has 0 spiro atoms. The van der Waals surface area contributed by atoms with E-state index in [1.807, 2.05) is 13.8 Å². The van der Waals surface area contributed by atoms with Gasteiger partial charge in [0.2, 0.25) is 16.0 Å². The molecule has 1 saturated carbocycles. The second-order valence-electron chi connectivity index (χ2n) is 4.86. The molecular weight excluding hydrogens is 240 g/mol. The molecule has 0 aromatic carbocycles. The van der Waals surface area contributed by atoms with Crippen molar-refractivity contribution in [2.45, 2.75) is 31.2 Å². The van der Waals surface area contributed by atoms with Gasteiger partial charge in [-0.3, -0.25) is 0 Å². The molecule has 1 aromatic heterocycles. The number of aromatic nitrogens is 2. The minimum atomic E-state index is -3.50. The Hall–Kier alpha value is -1.21. The molecule has 0 saturated heterocycles. The Bertz CT molecular complexity index is 510. The SMILES string of the molecule is CNc1ncc(S(=O)(=O)NC2CC2(C)C)cn1. The summed E-state index contributed by atoms with van der Waals surface area (Å²) in [7, 11) is -1.82. The van der Waals surface area contributed by atoms with Gasteiger partial charge in [0, 0.05) is 13.1 Å². The van der Waals surface area contributed by atoms with E-state index in [0.717, 1.165) is 6.42 Å². The van der Waals surface area contributed by atoms with Crippen molar-refractivity contribution in [1.82, 2.24) is 14.7 Å². The van der Waals surface area contributed by atoms with Gasteiger partial charge in [-0.05, 0) is 11.8 Å². The predicted molar refractivity (Wildman–Crippen MR) is 64.1 cm³/mol. The number of nitrogens with one attached hydrogen (secondary N) is 2. The Kier molecular flexibility index (Phi) is 2.82. The number of sulfonamides is 1. The molecule has 2 N–H and O–H groups in total. The lowest BCUT2D eigenvalue weighted by Crippen LogP contribution is -2.28. The Labute approximate surface area is 101 Å². The largest absolute Gasteiger partial charge is 0.357 e. The van der Waals surface area contributed by atoms with Gasteiger partial charge in [0.25, 0.3) is 0 Å². The molecule has 0 radical (unpaired) electrons. The molecule has 1 atom stereocenters. The van der Waals surface area contributed by atoms with Crippen LogP contribution in [-0.4, -0.2) is 31.5 Å². The molecule has 0 amide bonds. The zero-order chi connectivity index (χ0) is 12.7. The predicted octanol–water partition coefficient (Wildman–Crippen LogP) is 0.595. The van der Waals surface area contributed by atoms with Crippen molar-refractivity contribution < 1.29 is 8.42 Å². The molecule has 17 heavy (non-hydrogen) atoms. The number of hydrogen-bond acceptors (Lipinski definition) is 5. The summed E-state index contributed by atoms with van der Waals surface area (Å²) < 4.78 is 26.6. The quantitative estimate of drug-likeness (QED) is 0.824. The molecule has 1 unspecified atom stereocenters. The highest BCUT2D eigenvalue weighted by molar-refractivity contribution is 7.89. The summed E-state index contributed by atoms with van der Waals surface area (Å²) in [6.07, 6.45) is 3.47. The van der Waals surface area contributed by atoms with Crippen LogP contribution in [0.15, 0.2) is 17.3 Å². The Morgan fingerprint density at radius 3 is 2.29 bits per heavy atom. The first kappa shape index (κ1) is 12.3. The lowest BCUT2D eigenvalue weighted by molar-refractivity contribution is 0.554. The van der Waals surface area contributed by atoms with Crippen molar-refractivity contribution in [3.63, 3.8) is 0 Å². The van der Waals surface area contributed by atoms with Crippen LogP contribution in [0.25, 0.3) is 0 Å². The summed E-state index contributed by atoms with van der Waals surface area (Å²) in [6, 6.07) is 0.0106. The molecule has 1 aliphatic carbocycles. The molecule has 1 fully saturated rings. The van der Waals surface area contributed by atoms with Crippen molar-refractivity contribution in [2.24, 2.45) is 5.41 Å². The molecule has 1 aliphatic rings. The first-order valence-electron chi connectivity index (χ1n) is 5.37. The Morgan fingerprint density at radius 2 is 1.88 bits per heavy atom. The standard InChI is InChI=1S/C10H16N4O2S/c1-10(2)4-8(10)14-17(15,16)7-5-12-9(11-3)13-6-7/h5-6,8,14H,4H2,1-3H3,(H,11,12,13). The molecule has 7 heteroatoms. The van der Waals surface area contributed by atoms with E-state index in [-0.39, 0.29) is 16.4 Å². The Balaban J connectivity index is 2.14. The smallest absolute Gasteiger partial charge is 0.243 e. The summed E-state index contributed by atoms with van der Waals surface area (Å²) in [4.78, 5) is 7.87. The van der Waals surface area contributed by atoms with Crippen molar-refractivity contribution in [2.75, 3.05) is 12.4 Å². The third-order valence-electron chi connectivity index (χ3n) is 2.97. The van der Waals surface area contributed by atoms with E-state index in [1.54, 1.807) is 7.05 Å². The van der Waals surface area contributed by atoms with Crippen LogP contribution in [-0.2, 0) is 10.0 Å². The van der Waals surface area contributed by atoms with Crippen molar-refractivity contribution in [3.8, 4) is 0 Å². The fourth-order valence-corrected chi connectivity index (χ4v) is 2.80. The molecule has 0 aliphatic heterocycles. The Morgan fingerprint density at radius 1 is 1.35 bits per heavy atom. The van der Waals surface area contributed by atoms with Crippen LogP contribution >= 0.6 is 0 Å². The fourth-order valence-electron chi connectivity index (χ4n) is 1.51. The van der Waals surface area contributed by atoms with E-state index in [0.29, 0.717) is 5.95 Å². The summed E-state index contributed by atoms with van der Waals surface area (Å²) in [5, 5.41) is 2.73. The van der Waals surface area contributed by atoms with Gasteiger partial charge in [0.05, 0.1) is 12.4 Å². The highest BCUT2D eigenvalue weighted by Crippen LogP contribution is 2.45. The molecule has 0 bridgehead atoms. The maximum absolute atomic E-state index is 12.0. The van der Waals surface area contributed by atoms with Gasteiger partial charge in [0.1, 0.15) is 4.90 Å². The lowest BCUT2D eigenvalue weighted by Gasteiger charge is -2.07. The molecule has 2 rings (SSSR count). The number of hydrogen-bond donors (Lipinski definition) is 2. The summed E-state index contributed by atoms with van der Waals surface area (Å²) in [5.74, 6) is 0.399. The highest BCUT2D eigenvalue weighted by Gasteiger charge is 2.47. The van der Waals surface area contributed by atoms with Crippen LogP contribution in [0.3, 0.4) is 0 Å². The number of anilines is 1. The van der Waals surface area contributed by atoms with Crippen LogP contribution in [0.5, 0.6) is 0 Å². The third kappa shape index (κ3) is 2.55. The van der Waals surface area contributed by atoms with Gasteiger partial charge in [-0.25, -0.2) is 23.1 Å². The van der Waals surface area contributed by atoms with Crippen LogP contribution in [0.2, 0.25) is 0 Å². The fraction of sp³-hybridized carbons (Fsp3) is 0.600.